The fraction of sp³-hybridized carbons (Fsp3) is 0.368. The number of anilines is 1. The van der Waals surface area contributed by atoms with E-state index in [0.29, 0.717) is 31.3 Å². The van der Waals surface area contributed by atoms with Crippen molar-refractivity contribution in [3.05, 3.63) is 47.5 Å². The molecular weight excluding hydrogens is 409 g/mol. The Morgan fingerprint density at radius 1 is 1.03 bits per heavy atom. The van der Waals surface area contributed by atoms with Crippen LogP contribution in [0.1, 0.15) is 25.0 Å². The summed E-state index contributed by atoms with van der Waals surface area (Å²) in [7, 11) is -4.50. The summed E-state index contributed by atoms with van der Waals surface area (Å²) in [5.41, 5.74) is -0.726. The maximum atomic E-state index is 13.3. The molecule has 2 aromatic rings. The van der Waals surface area contributed by atoms with Crippen molar-refractivity contribution in [2.24, 2.45) is 5.14 Å². The van der Waals surface area contributed by atoms with Crippen LogP contribution in [-0.2, 0) is 21.6 Å². The summed E-state index contributed by atoms with van der Waals surface area (Å²) in [4.78, 5) is -0.957. The predicted molar refractivity (Wildman–Crippen MR) is 102 cm³/mol. The molecule has 0 aliphatic carbocycles. The largest absolute Gasteiger partial charge is 0.486 e. The minimum absolute atomic E-state index is 0.135. The summed E-state index contributed by atoms with van der Waals surface area (Å²) in [5.74, 6) is 1.27. The number of benzene rings is 2. The summed E-state index contributed by atoms with van der Waals surface area (Å²) in [5, 5.41) is 7.86. The van der Waals surface area contributed by atoms with Gasteiger partial charge in [-0.3, -0.25) is 0 Å². The fourth-order valence-corrected chi connectivity index (χ4v) is 3.74. The number of sulfonamides is 1. The summed E-state index contributed by atoms with van der Waals surface area (Å²) in [6, 6.07) is 8.39. The molecule has 1 heterocycles. The molecule has 0 unspecified atom stereocenters. The van der Waals surface area contributed by atoms with Crippen LogP contribution in [0.25, 0.3) is 0 Å². The molecule has 29 heavy (non-hydrogen) atoms. The summed E-state index contributed by atoms with van der Waals surface area (Å²) in [6.07, 6.45) is -4.86. The van der Waals surface area contributed by atoms with Crippen LogP contribution >= 0.6 is 0 Å². The van der Waals surface area contributed by atoms with Crippen LogP contribution in [0, 0.1) is 0 Å². The molecule has 158 valence electrons. The van der Waals surface area contributed by atoms with Gasteiger partial charge in [0.25, 0.3) is 0 Å². The van der Waals surface area contributed by atoms with Gasteiger partial charge in [-0.05, 0) is 35.9 Å². The first kappa shape index (κ1) is 21.3. The standard InChI is InChI=1S/C19H21F3N2O4S/c1-18(2,12-3-5-15-16(9-12)28-8-7-27-15)11-24-13-4-6-17(29(23,25)26)14(10-13)19(20,21)22/h3-6,9-10,24H,7-8,11H2,1-2H3,(H2,23,25,26). The van der Waals surface area contributed by atoms with E-state index in [0.717, 1.165) is 17.7 Å². The zero-order valence-corrected chi connectivity index (χ0v) is 16.7. The topological polar surface area (TPSA) is 90.7 Å². The zero-order valence-electron chi connectivity index (χ0n) is 15.8. The monoisotopic (exact) mass is 430 g/mol. The van der Waals surface area contributed by atoms with E-state index in [2.05, 4.69) is 5.32 Å². The van der Waals surface area contributed by atoms with Gasteiger partial charge in [0.2, 0.25) is 10.0 Å². The number of fused-ring (bicyclic) bond motifs is 1. The number of ether oxygens (including phenoxy) is 2. The summed E-state index contributed by atoms with van der Waals surface area (Å²) < 4.78 is 73.9. The lowest BCUT2D eigenvalue weighted by atomic mass is 9.84. The van der Waals surface area contributed by atoms with Gasteiger partial charge in [0.15, 0.2) is 11.5 Å². The van der Waals surface area contributed by atoms with E-state index < -0.39 is 32.1 Å². The highest BCUT2D eigenvalue weighted by atomic mass is 32.2. The van der Waals surface area contributed by atoms with Gasteiger partial charge >= 0.3 is 6.18 Å². The van der Waals surface area contributed by atoms with E-state index in [1.807, 2.05) is 26.0 Å². The van der Waals surface area contributed by atoms with Crippen molar-refractivity contribution in [3.8, 4) is 11.5 Å². The third-order valence-corrected chi connectivity index (χ3v) is 5.62. The van der Waals surface area contributed by atoms with Gasteiger partial charge < -0.3 is 14.8 Å². The molecule has 0 radical (unpaired) electrons. The second-order valence-corrected chi connectivity index (χ2v) is 8.88. The number of nitrogens with two attached hydrogens (primary N) is 1. The third-order valence-electron chi connectivity index (χ3n) is 4.65. The lowest BCUT2D eigenvalue weighted by Gasteiger charge is -2.28. The van der Waals surface area contributed by atoms with Gasteiger partial charge in [-0.2, -0.15) is 13.2 Å². The third kappa shape index (κ3) is 4.76. The Hall–Kier alpha value is -2.46. The van der Waals surface area contributed by atoms with Gasteiger partial charge in [-0.1, -0.05) is 19.9 Å². The number of alkyl halides is 3. The van der Waals surface area contributed by atoms with Gasteiger partial charge in [-0.15, -0.1) is 0 Å². The van der Waals surface area contributed by atoms with Crippen molar-refractivity contribution >= 4 is 15.7 Å². The molecule has 1 aliphatic heterocycles. The van der Waals surface area contributed by atoms with E-state index in [1.54, 1.807) is 6.07 Å². The Kier molecular flexibility index (Phi) is 5.44. The first-order valence-corrected chi connectivity index (χ1v) is 10.3. The number of primary sulfonamides is 1. The first-order chi connectivity index (χ1) is 13.4. The van der Waals surface area contributed by atoms with Gasteiger partial charge in [-0.25, -0.2) is 13.6 Å². The van der Waals surface area contributed by atoms with Crippen LogP contribution in [0.4, 0.5) is 18.9 Å². The van der Waals surface area contributed by atoms with E-state index in [9.17, 15) is 21.6 Å². The zero-order chi connectivity index (χ0) is 21.4. The Morgan fingerprint density at radius 2 is 1.69 bits per heavy atom. The molecule has 0 aromatic heterocycles. The second-order valence-electron chi connectivity index (χ2n) is 7.35. The number of hydrogen-bond donors (Lipinski definition) is 2. The molecule has 0 fully saturated rings. The lowest BCUT2D eigenvalue weighted by molar-refractivity contribution is -0.139. The van der Waals surface area contributed by atoms with Crippen LogP contribution in [0.5, 0.6) is 11.5 Å². The Labute approximate surface area is 166 Å². The molecule has 10 heteroatoms. The number of rotatable bonds is 5. The highest BCUT2D eigenvalue weighted by Gasteiger charge is 2.36. The van der Waals surface area contributed by atoms with Gasteiger partial charge in [0, 0.05) is 17.6 Å². The van der Waals surface area contributed by atoms with Crippen molar-refractivity contribution in [1.82, 2.24) is 0 Å². The predicted octanol–water partition coefficient (Wildman–Crippen LogP) is 3.51. The lowest BCUT2D eigenvalue weighted by Crippen LogP contribution is -2.28. The Bertz CT molecular complexity index is 1020. The second kappa shape index (κ2) is 7.42. The quantitative estimate of drug-likeness (QED) is 0.758. The Balaban J connectivity index is 1.83. The van der Waals surface area contributed by atoms with Crippen LogP contribution in [-0.4, -0.2) is 28.2 Å². The first-order valence-electron chi connectivity index (χ1n) is 8.76. The molecular formula is C19H21F3N2O4S. The molecule has 0 atom stereocenters. The molecule has 2 aromatic carbocycles. The van der Waals surface area contributed by atoms with Crippen molar-refractivity contribution in [3.63, 3.8) is 0 Å². The molecule has 0 saturated carbocycles. The van der Waals surface area contributed by atoms with Crippen molar-refractivity contribution in [1.29, 1.82) is 0 Å². The average Bonchev–Trinajstić information content (AvgIpc) is 2.64. The minimum atomic E-state index is -4.86. The van der Waals surface area contributed by atoms with Crippen molar-refractivity contribution in [2.45, 2.75) is 30.3 Å². The molecule has 3 N–H and O–H groups in total. The Morgan fingerprint density at radius 3 is 2.31 bits per heavy atom. The highest BCUT2D eigenvalue weighted by molar-refractivity contribution is 7.89. The molecule has 3 rings (SSSR count). The molecule has 0 spiro atoms. The van der Waals surface area contributed by atoms with Gasteiger partial charge in [0.05, 0.1) is 10.5 Å². The maximum Gasteiger partial charge on any atom is 0.417 e. The minimum Gasteiger partial charge on any atom is -0.486 e. The van der Waals surface area contributed by atoms with E-state index in [-0.39, 0.29) is 5.69 Å². The summed E-state index contributed by atoms with van der Waals surface area (Å²) in [6.45, 7) is 5.07. The molecule has 1 aliphatic rings. The van der Waals surface area contributed by atoms with Crippen LogP contribution in [0.2, 0.25) is 0 Å². The van der Waals surface area contributed by atoms with Crippen molar-refractivity contribution in [2.75, 3.05) is 25.1 Å². The summed E-state index contributed by atoms with van der Waals surface area (Å²) >= 11 is 0. The molecule has 0 amide bonds. The number of hydrogen-bond acceptors (Lipinski definition) is 5. The molecule has 6 nitrogen and oxygen atoms in total. The van der Waals surface area contributed by atoms with Gasteiger partial charge in [0.1, 0.15) is 13.2 Å². The maximum absolute atomic E-state index is 13.3. The smallest absolute Gasteiger partial charge is 0.417 e. The molecule has 0 bridgehead atoms. The van der Waals surface area contributed by atoms with Crippen LogP contribution < -0.4 is 19.9 Å². The molecule has 0 saturated heterocycles. The van der Waals surface area contributed by atoms with Crippen LogP contribution in [0.3, 0.4) is 0 Å². The normalized spacial score (nSPS) is 14.6. The van der Waals surface area contributed by atoms with Crippen LogP contribution in [0.15, 0.2) is 41.3 Å². The average molecular weight is 430 g/mol. The number of nitrogens with one attached hydrogen (secondary N) is 1. The SMILES string of the molecule is CC(C)(CNc1ccc(S(N)(=O)=O)c(C(F)(F)F)c1)c1ccc2c(c1)OCCO2. The number of halogens is 3. The van der Waals surface area contributed by atoms with E-state index in [1.165, 1.54) is 6.07 Å². The highest BCUT2D eigenvalue weighted by Crippen LogP contribution is 2.37. The van der Waals surface area contributed by atoms with Crippen molar-refractivity contribution < 1.29 is 31.1 Å². The fourth-order valence-electron chi connectivity index (χ4n) is 3.00. The van der Waals surface area contributed by atoms with E-state index >= 15 is 0 Å². The van der Waals surface area contributed by atoms with E-state index in [4.69, 9.17) is 14.6 Å².